The average Bonchev–Trinajstić information content (AvgIpc) is 1.82. The van der Waals surface area contributed by atoms with Gasteiger partial charge < -0.3 is 20.6 Å². The van der Waals surface area contributed by atoms with Gasteiger partial charge in [0.2, 0.25) is 0 Å². The van der Waals surface area contributed by atoms with Crippen LogP contribution in [0.4, 0.5) is 0 Å². The summed E-state index contributed by atoms with van der Waals surface area (Å²) in [5.41, 5.74) is 4.82. The van der Waals surface area contributed by atoms with Crippen molar-refractivity contribution in [3.8, 4) is 0 Å². The minimum absolute atomic E-state index is 0.135. The molecule has 0 aromatic rings. The first-order chi connectivity index (χ1) is 4.18. The fourth-order valence-electron chi connectivity index (χ4n) is 0.205. The second-order valence-electron chi connectivity index (χ2n) is 1.25. The molecule has 5 nitrogen and oxygen atoms in total. The Labute approximate surface area is 52.7 Å². The van der Waals surface area contributed by atoms with Crippen LogP contribution in [0.1, 0.15) is 0 Å². The van der Waals surface area contributed by atoms with Gasteiger partial charge in [0.1, 0.15) is 0 Å². The van der Waals surface area contributed by atoms with Crippen LogP contribution in [-0.4, -0.2) is 36.4 Å². The van der Waals surface area contributed by atoms with Crippen molar-refractivity contribution >= 4 is 13.5 Å². The molecule has 0 aliphatic carbocycles. The average molecular weight is 132 g/mol. The van der Waals surface area contributed by atoms with Crippen LogP contribution in [0.15, 0.2) is 0 Å². The predicted molar refractivity (Wildman–Crippen MR) is 29.5 cm³/mol. The first-order valence-corrected chi connectivity index (χ1v) is 2.24. The lowest BCUT2D eigenvalue weighted by Gasteiger charge is -2.00. The van der Waals surface area contributed by atoms with Crippen LogP contribution in [0.2, 0.25) is 0 Å². The lowest BCUT2D eigenvalue weighted by molar-refractivity contribution is -0.142. The maximum atomic E-state index is 9.80. The summed E-state index contributed by atoms with van der Waals surface area (Å²) in [6, 6.07) is -1.59. The van der Waals surface area contributed by atoms with E-state index in [9.17, 15) is 4.79 Å². The summed E-state index contributed by atoms with van der Waals surface area (Å²) >= 11 is 0. The third-order valence-corrected chi connectivity index (χ3v) is 0.574. The number of rotatable bonds is 4. The standard InChI is InChI=1S/C3H7BNO4/c5-1-9-4-2(6)3(7)8/h2,6H,1,5H2,(H,7,8). The number of nitrogens with two attached hydrogens (primary N) is 1. The summed E-state index contributed by atoms with van der Waals surface area (Å²) in [6.07, 6.45) is 0. The van der Waals surface area contributed by atoms with Crippen molar-refractivity contribution in [1.29, 1.82) is 0 Å². The number of aliphatic hydroxyl groups excluding tert-OH is 1. The summed E-state index contributed by atoms with van der Waals surface area (Å²) in [5.74, 6) is -1.36. The van der Waals surface area contributed by atoms with Crippen LogP contribution in [0.25, 0.3) is 0 Å². The monoisotopic (exact) mass is 132 g/mol. The quantitative estimate of drug-likeness (QED) is 0.302. The Morgan fingerprint density at radius 3 is 2.78 bits per heavy atom. The lowest BCUT2D eigenvalue weighted by Crippen LogP contribution is -2.29. The first-order valence-electron chi connectivity index (χ1n) is 2.24. The molecule has 0 spiro atoms. The molecule has 1 radical (unpaired) electrons. The van der Waals surface area contributed by atoms with E-state index in [1.807, 2.05) is 0 Å². The Morgan fingerprint density at radius 1 is 1.89 bits per heavy atom. The zero-order valence-electron chi connectivity index (χ0n) is 4.65. The molecule has 0 fully saturated rings. The Balaban J connectivity index is 3.27. The fourth-order valence-corrected chi connectivity index (χ4v) is 0.205. The van der Waals surface area contributed by atoms with Gasteiger partial charge in [-0.15, -0.1) is 0 Å². The minimum atomic E-state index is -1.59. The minimum Gasteiger partial charge on any atom is -0.480 e. The number of carbonyl (C=O) groups is 1. The molecule has 6 heteroatoms. The Bertz CT molecular complexity index is 97.8. The number of aliphatic hydroxyl groups is 1. The third-order valence-electron chi connectivity index (χ3n) is 0.574. The molecule has 0 saturated heterocycles. The number of aliphatic carboxylic acids is 1. The molecule has 0 aromatic heterocycles. The van der Waals surface area contributed by atoms with Gasteiger partial charge in [0.15, 0.2) is 6.00 Å². The lowest BCUT2D eigenvalue weighted by atomic mass is 9.91. The molecular formula is C3H7BNO4. The zero-order chi connectivity index (χ0) is 7.28. The highest BCUT2D eigenvalue weighted by Gasteiger charge is 2.14. The Hall–Kier alpha value is -0.585. The van der Waals surface area contributed by atoms with Crippen molar-refractivity contribution in [3.63, 3.8) is 0 Å². The maximum absolute atomic E-state index is 9.80. The van der Waals surface area contributed by atoms with Crippen LogP contribution in [0.5, 0.6) is 0 Å². The van der Waals surface area contributed by atoms with Gasteiger partial charge in [-0.3, -0.25) is 4.79 Å². The maximum Gasteiger partial charge on any atom is 0.340 e. The molecular weight excluding hydrogens is 125 g/mol. The number of hydrogen-bond acceptors (Lipinski definition) is 4. The van der Waals surface area contributed by atoms with Gasteiger partial charge in [0.25, 0.3) is 0 Å². The highest BCUT2D eigenvalue weighted by atomic mass is 16.5. The van der Waals surface area contributed by atoms with Gasteiger partial charge in [-0.25, -0.2) is 0 Å². The van der Waals surface area contributed by atoms with Gasteiger partial charge >= 0.3 is 13.5 Å². The van der Waals surface area contributed by atoms with E-state index in [-0.39, 0.29) is 6.73 Å². The molecule has 4 N–H and O–H groups in total. The van der Waals surface area contributed by atoms with Gasteiger partial charge in [0.05, 0.1) is 6.73 Å². The van der Waals surface area contributed by atoms with Crippen LogP contribution in [-0.2, 0) is 9.45 Å². The highest BCUT2D eigenvalue weighted by Crippen LogP contribution is 1.78. The Kier molecular flexibility index (Phi) is 4.03. The van der Waals surface area contributed by atoms with E-state index in [4.69, 9.17) is 15.9 Å². The van der Waals surface area contributed by atoms with Gasteiger partial charge in [0, 0.05) is 0 Å². The molecule has 51 valence electrons. The molecule has 0 amide bonds. The molecule has 0 aliphatic heterocycles. The smallest absolute Gasteiger partial charge is 0.340 e. The molecule has 0 bridgehead atoms. The largest absolute Gasteiger partial charge is 0.480 e. The van der Waals surface area contributed by atoms with Crippen LogP contribution < -0.4 is 5.73 Å². The second-order valence-corrected chi connectivity index (χ2v) is 1.25. The molecule has 1 atom stereocenters. The van der Waals surface area contributed by atoms with Crippen LogP contribution in [0, 0.1) is 0 Å². The van der Waals surface area contributed by atoms with Crippen molar-refractivity contribution in [2.45, 2.75) is 6.00 Å². The molecule has 0 saturated carbocycles. The van der Waals surface area contributed by atoms with E-state index in [0.29, 0.717) is 0 Å². The van der Waals surface area contributed by atoms with Gasteiger partial charge in [-0.1, -0.05) is 0 Å². The molecule has 0 aromatic carbocycles. The zero-order valence-corrected chi connectivity index (χ0v) is 4.65. The Morgan fingerprint density at radius 2 is 2.44 bits per heavy atom. The summed E-state index contributed by atoms with van der Waals surface area (Å²) in [6.45, 7) is -0.135. The number of carboxylic acids is 1. The molecule has 0 heterocycles. The van der Waals surface area contributed by atoms with Crippen molar-refractivity contribution < 1.29 is 19.7 Å². The SMILES string of the molecule is NCO[B]C(O)C(=O)O. The summed E-state index contributed by atoms with van der Waals surface area (Å²) < 4.78 is 4.28. The fraction of sp³-hybridized carbons (Fsp3) is 0.667. The number of carboxylic acid groups (broad SMARTS) is 1. The molecule has 0 aliphatic rings. The topological polar surface area (TPSA) is 92.8 Å². The second kappa shape index (κ2) is 4.31. The van der Waals surface area contributed by atoms with E-state index in [2.05, 4.69) is 4.65 Å². The van der Waals surface area contributed by atoms with Crippen molar-refractivity contribution in [3.05, 3.63) is 0 Å². The first kappa shape index (κ1) is 8.41. The van der Waals surface area contributed by atoms with E-state index in [1.54, 1.807) is 0 Å². The third kappa shape index (κ3) is 3.95. The number of hydrogen-bond donors (Lipinski definition) is 3. The summed E-state index contributed by atoms with van der Waals surface area (Å²) in [4.78, 5) is 9.80. The highest BCUT2D eigenvalue weighted by molar-refractivity contribution is 6.35. The van der Waals surface area contributed by atoms with E-state index in [0.717, 1.165) is 7.48 Å². The van der Waals surface area contributed by atoms with E-state index in [1.165, 1.54) is 0 Å². The summed E-state index contributed by atoms with van der Waals surface area (Å²) in [7, 11) is 0.752. The normalized spacial score (nSPS) is 12.7. The van der Waals surface area contributed by atoms with Gasteiger partial charge in [-0.2, -0.15) is 0 Å². The molecule has 9 heavy (non-hydrogen) atoms. The van der Waals surface area contributed by atoms with Crippen molar-refractivity contribution in [2.75, 3.05) is 6.73 Å². The van der Waals surface area contributed by atoms with Crippen molar-refractivity contribution in [1.82, 2.24) is 0 Å². The van der Waals surface area contributed by atoms with Crippen LogP contribution in [0.3, 0.4) is 0 Å². The van der Waals surface area contributed by atoms with E-state index < -0.39 is 12.0 Å². The molecule has 1 unspecified atom stereocenters. The van der Waals surface area contributed by atoms with Gasteiger partial charge in [-0.05, 0) is 0 Å². The summed E-state index contributed by atoms with van der Waals surface area (Å²) in [5, 5.41) is 16.4. The van der Waals surface area contributed by atoms with Crippen LogP contribution >= 0.6 is 0 Å². The molecule has 0 rings (SSSR count). The van der Waals surface area contributed by atoms with E-state index >= 15 is 0 Å². The predicted octanol–water partition coefficient (Wildman–Crippen LogP) is -2.06. The van der Waals surface area contributed by atoms with Crippen molar-refractivity contribution in [2.24, 2.45) is 5.73 Å².